The van der Waals surface area contributed by atoms with Gasteiger partial charge in [0.1, 0.15) is 5.75 Å². The molecule has 0 radical (unpaired) electrons. The van der Waals surface area contributed by atoms with E-state index >= 15 is 0 Å². The summed E-state index contributed by atoms with van der Waals surface area (Å²) in [5, 5.41) is 0.507. The minimum absolute atomic E-state index is 0.206. The molecule has 100 valence electrons. The van der Waals surface area contributed by atoms with Gasteiger partial charge in [-0.05, 0) is 54.3 Å². The minimum atomic E-state index is -0.206. The number of aryl methyl sites for hydroxylation is 2. The first-order valence-electron chi connectivity index (χ1n) is 6.07. The van der Waals surface area contributed by atoms with E-state index in [0.717, 1.165) is 28.0 Å². The lowest BCUT2D eigenvalue weighted by atomic mass is 10.0. The van der Waals surface area contributed by atoms with Gasteiger partial charge in [-0.15, -0.1) is 11.6 Å². The monoisotopic (exact) mass is 294 g/mol. The zero-order valence-corrected chi connectivity index (χ0v) is 12.7. The van der Waals surface area contributed by atoms with Crippen LogP contribution in [-0.4, -0.2) is 7.11 Å². The molecule has 0 aliphatic rings. The Morgan fingerprint density at radius 1 is 1.00 bits per heavy atom. The Morgan fingerprint density at radius 2 is 1.74 bits per heavy atom. The van der Waals surface area contributed by atoms with Crippen LogP contribution in [0.5, 0.6) is 5.75 Å². The summed E-state index contributed by atoms with van der Waals surface area (Å²) in [6.45, 7) is 4.02. The van der Waals surface area contributed by atoms with Gasteiger partial charge in [0, 0.05) is 5.02 Å². The first-order chi connectivity index (χ1) is 9.01. The van der Waals surface area contributed by atoms with E-state index in [9.17, 15) is 0 Å². The van der Waals surface area contributed by atoms with Crippen molar-refractivity contribution in [1.29, 1.82) is 0 Å². The number of methoxy groups -OCH3 is 1. The molecule has 2 aromatic rings. The lowest BCUT2D eigenvalue weighted by Crippen LogP contribution is -1.96. The van der Waals surface area contributed by atoms with Gasteiger partial charge in [-0.25, -0.2) is 0 Å². The summed E-state index contributed by atoms with van der Waals surface area (Å²) in [5.74, 6) is 0.870. The van der Waals surface area contributed by atoms with Gasteiger partial charge in [0.15, 0.2) is 0 Å². The lowest BCUT2D eigenvalue weighted by Gasteiger charge is -2.14. The SMILES string of the molecule is COc1ccc(C(Cl)c2cc(C)cc(Cl)c2)cc1C. The minimum Gasteiger partial charge on any atom is -0.496 e. The van der Waals surface area contributed by atoms with Crippen molar-refractivity contribution in [2.75, 3.05) is 7.11 Å². The van der Waals surface area contributed by atoms with E-state index < -0.39 is 0 Å². The average molecular weight is 295 g/mol. The van der Waals surface area contributed by atoms with Crippen LogP contribution in [0.4, 0.5) is 0 Å². The molecular formula is C16H16Cl2O. The number of alkyl halides is 1. The molecule has 2 rings (SSSR count). The molecule has 0 N–H and O–H groups in total. The summed E-state index contributed by atoms with van der Waals surface area (Å²) < 4.78 is 5.26. The van der Waals surface area contributed by atoms with Gasteiger partial charge in [-0.2, -0.15) is 0 Å². The zero-order chi connectivity index (χ0) is 14.0. The number of halogens is 2. The third-order valence-corrected chi connectivity index (χ3v) is 3.79. The number of hydrogen-bond donors (Lipinski definition) is 0. The summed E-state index contributed by atoms with van der Waals surface area (Å²) in [5.41, 5.74) is 4.24. The van der Waals surface area contributed by atoms with Crippen LogP contribution in [0.3, 0.4) is 0 Å². The highest BCUT2D eigenvalue weighted by atomic mass is 35.5. The van der Waals surface area contributed by atoms with Gasteiger partial charge in [0.25, 0.3) is 0 Å². The molecule has 0 fully saturated rings. The van der Waals surface area contributed by atoms with E-state index in [1.165, 1.54) is 0 Å². The second-order valence-corrected chi connectivity index (χ2v) is 5.53. The fraction of sp³-hybridized carbons (Fsp3) is 0.250. The van der Waals surface area contributed by atoms with Crippen LogP contribution in [0.2, 0.25) is 5.02 Å². The quantitative estimate of drug-likeness (QED) is 0.699. The maximum absolute atomic E-state index is 6.54. The molecular weight excluding hydrogens is 279 g/mol. The second-order valence-electron chi connectivity index (χ2n) is 4.65. The number of rotatable bonds is 3. The molecule has 0 aliphatic carbocycles. The van der Waals surface area contributed by atoms with Crippen molar-refractivity contribution in [3.8, 4) is 5.75 Å². The third-order valence-electron chi connectivity index (χ3n) is 3.07. The van der Waals surface area contributed by atoms with Crippen molar-refractivity contribution in [2.45, 2.75) is 19.2 Å². The normalized spacial score (nSPS) is 12.3. The fourth-order valence-electron chi connectivity index (χ4n) is 2.16. The largest absolute Gasteiger partial charge is 0.496 e. The Hall–Kier alpha value is -1.18. The molecule has 1 nitrogen and oxygen atoms in total. The van der Waals surface area contributed by atoms with Crippen molar-refractivity contribution in [3.63, 3.8) is 0 Å². The Kier molecular flexibility index (Phi) is 4.38. The Morgan fingerprint density at radius 3 is 2.32 bits per heavy atom. The van der Waals surface area contributed by atoms with Crippen LogP contribution in [0, 0.1) is 13.8 Å². The summed E-state index contributed by atoms with van der Waals surface area (Å²) in [6, 6.07) is 11.9. The van der Waals surface area contributed by atoms with Crippen LogP contribution < -0.4 is 4.74 Å². The maximum atomic E-state index is 6.54. The lowest BCUT2D eigenvalue weighted by molar-refractivity contribution is 0.411. The highest BCUT2D eigenvalue weighted by Gasteiger charge is 2.13. The molecule has 1 unspecified atom stereocenters. The molecule has 0 aromatic heterocycles. The second kappa shape index (κ2) is 5.85. The first-order valence-corrected chi connectivity index (χ1v) is 6.88. The van der Waals surface area contributed by atoms with E-state index in [2.05, 4.69) is 6.07 Å². The zero-order valence-electron chi connectivity index (χ0n) is 11.2. The first kappa shape index (κ1) is 14.2. The van der Waals surface area contributed by atoms with E-state index in [4.69, 9.17) is 27.9 Å². The van der Waals surface area contributed by atoms with Crippen LogP contribution in [0.25, 0.3) is 0 Å². The number of hydrogen-bond acceptors (Lipinski definition) is 1. The van der Waals surface area contributed by atoms with E-state index in [0.29, 0.717) is 5.02 Å². The topological polar surface area (TPSA) is 9.23 Å². The van der Waals surface area contributed by atoms with Crippen LogP contribution >= 0.6 is 23.2 Å². The molecule has 0 saturated heterocycles. The van der Waals surface area contributed by atoms with E-state index in [-0.39, 0.29) is 5.38 Å². The van der Waals surface area contributed by atoms with Crippen LogP contribution in [0.1, 0.15) is 27.6 Å². The summed E-state index contributed by atoms with van der Waals surface area (Å²) in [4.78, 5) is 0. The standard InChI is InChI=1S/C16H16Cl2O/c1-10-6-13(9-14(17)7-10)16(18)12-4-5-15(19-3)11(2)8-12/h4-9,16H,1-3H3. The van der Waals surface area contributed by atoms with Crippen LogP contribution in [0.15, 0.2) is 36.4 Å². The van der Waals surface area contributed by atoms with Gasteiger partial charge in [0.2, 0.25) is 0 Å². The van der Waals surface area contributed by atoms with Crippen LogP contribution in [-0.2, 0) is 0 Å². The summed E-state index contributed by atoms with van der Waals surface area (Å²) >= 11 is 12.6. The van der Waals surface area contributed by atoms with Gasteiger partial charge in [0.05, 0.1) is 12.5 Å². The molecule has 0 aliphatic heterocycles. The highest BCUT2D eigenvalue weighted by molar-refractivity contribution is 6.31. The molecule has 0 bridgehead atoms. The molecule has 0 spiro atoms. The predicted octanol–water partition coefficient (Wildman–Crippen LogP) is 5.29. The van der Waals surface area contributed by atoms with Crippen molar-refractivity contribution in [1.82, 2.24) is 0 Å². The van der Waals surface area contributed by atoms with Crippen molar-refractivity contribution in [3.05, 3.63) is 63.7 Å². The number of ether oxygens (including phenoxy) is 1. The average Bonchev–Trinajstić information content (AvgIpc) is 2.36. The van der Waals surface area contributed by atoms with Gasteiger partial charge in [-0.3, -0.25) is 0 Å². The molecule has 0 heterocycles. The Bertz CT molecular complexity index is 573. The van der Waals surface area contributed by atoms with Gasteiger partial charge < -0.3 is 4.74 Å². The van der Waals surface area contributed by atoms with E-state index in [1.807, 2.05) is 44.2 Å². The fourth-order valence-corrected chi connectivity index (χ4v) is 2.72. The molecule has 1 atom stereocenters. The smallest absolute Gasteiger partial charge is 0.121 e. The maximum Gasteiger partial charge on any atom is 0.121 e. The van der Waals surface area contributed by atoms with E-state index in [1.54, 1.807) is 7.11 Å². The number of benzene rings is 2. The predicted molar refractivity (Wildman–Crippen MR) is 81.6 cm³/mol. The molecule has 19 heavy (non-hydrogen) atoms. The van der Waals surface area contributed by atoms with Crippen molar-refractivity contribution >= 4 is 23.2 Å². The molecule has 2 aromatic carbocycles. The van der Waals surface area contributed by atoms with Gasteiger partial charge >= 0.3 is 0 Å². The molecule has 3 heteroatoms. The van der Waals surface area contributed by atoms with Gasteiger partial charge in [-0.1, -0.05) is 29.8 Å². The Balaban J connectivity index is 2.38. The van der Waals surface area contributed by atoms with Crippen molar-refractivity contribution < 1.29 is 4.74 Å². The third kappa shape index (κ3) is 3.23. The molecule has 0 saturated carbocycles. The van der Waals surface area contributed by atoms with Crippen molar-refractivity contribution in [2.24, 2.45) is 0 Å². The highest BCUT2D eigenvalue weighted by Crippen LogP contribution is 2.33. The Labute approximate surface area is 124 Å². The summed E-state index contributed by atoms with van der Waals surface area (Å²) in [7, 11) is 1.67. The molecule has 0 amide bonds. The summed E-state index contributed by atoms with van der Waals surface area (Å²) in [6.07, 6.45) is 0.